The van der Waals surface area contributed by atoms with Crippen LogP contribution in [0.3, 0.4) is 0 Å². The van der Waals surface area contributed by atoms with Crippen LogP contribution in [0.15, 0.2) is 54.6 Å². The molecule has 8 heteroatoms. The van der Waals surface area contributed by atoms with Crippen molar-refractivity contribution in [1.29, 1.82) is 0 Å². The minimum absolute atomic E-state index is 0.103. The number of para-hydroxylation sites is 2. The number of methoxy groups -OCH3 is 1. The van der Waals surface area contributed by atoms with Crippen LogP contribution in [0.1, 0.15) is 37.8 Å². The number of urea groups is 1. The number of hydrogen-bond donors (Lipinski definition) is 4. The van der Waals surface area contributed by atoms with E-state index in [1.807, 2.05) is 43.3 Å². The highest BCUT2D eigenvalue weighted by Gasteiger charge is 2.33. The summed E-state index contributed by atoms with van der Waals surface area (Å²) >= 11 is 0. The third-order valence-electron chi connectivity index (χ3n) is 5.56. The zero-order valence-electron chi connectivity index (χ0n) is 18.4. The van der Waals surface area contributed by atoms with Crippen molar-refractivity contribution >= 4 is 17.6 Å². The molecule has 8 nitrogen and oxygen atoms in total. The molecule has 4 N–H and O–H groups in total. The number of anilines is 1. The molecule has 1 fully saturated rings. The minimum atomic E-state index is -0.587. The molecule has 3 rings (SSSR count). The van der Waals surface area contributed by atoms with Crippen molar-refractivity contribution in [1.82, 2.24) is 10.6 Å². The van der Waals surface area contributed by atoms with Crippen LogP contribution in [-0.4, -0.2) is 49.0 Å². The standard InChI is InChI=1S/C24H31N3O5/c1-16(17-8-4-3-5-9-17)25-23(29)14-18-12-13-20(22(15-28)32-18)27-24(30)26-19-10-6-7-11-21(19)31-2/h3-11,16,18,20,22,28H,12-15H2,1-2H3,(H,25,29)(H2,26,27,30)/t16-,18+,20+,22-/m0/s1. The van der Waals surface area contributed by atoms with Gasteiger partial charge in [0.1, 0.15) is 11.9 Å². The Hall–Kier alpha value is -3.10. The van der Waals surface area contributed by atoms with Gasteiger partial charge in [0.15, 0.2) is 0 Å². The van der Waals surface area contributed by atoms with Gasteiger partial charge in [-0.1, -0.05) is 42.5 Å². The Labute approximate surface area is 188 Å². The van der Waals surface area contributed by atoms with Gasteiger partial charge < -0.3 is 30.5 Å². The summed E-state index contributed by atoms with van der Waals surface area (Å²) < 4.78 is 11.2. The summed E-state index contributed by atoms with van der Waals surface area (Å²) in [4.78, 5) is 24.9. The van der Waals surface area contributed by atoms with Crippen molar-refractivity contribution in [2.45, 2.75) is 50.5 Å². The molecule has 0 aliphatic carbocycles. The number of amides is 3. The second-order valence-corrected chi connectivity index (χ2v) is 7.87. The van der Waals surface area contributed by atoms with Gasteiger partial charge in [-0.05, 0) is 37.5 Å². The lowest BCUT2D eigenvalue weighted by molar-refractivity contribution is -0.131. The first-order chi connectivity index (χ1) is 15.5. The van der Waals surface area contributed by atoms with Crippen LogP contribution in [0, 0.1) is 0 Å². The fraction of sp³-hybridized carbons (Fsp3) is 0.417. The Bertz CT molecular complexity index is 892. The third kappa shape index (κ3) is 6.45. The molecule has 4 atom stereocenters. The fourth-order valence-electron chi connectivity index (χ4n) is 3.85. The van der Waals surface area contributed by atoms with E-state index < -0.39 is 12.1 Å². The Morgan fingerprint density at radius 1 is 1.12 bits per heavy atom. The van der Waals surface area contributed by atoms with Crippen LogP contribution >= 0.6 is 0 Å². The van der Waals surface area contributed by atoms with Gasteiger partial charge in [-0.15, -0.1) is 0 Å². The van der Waals surface area contributed by atoms with E-state index in [0.717, 1.165) is 5.56 Å². The average molecular weight is 442 g/mol. The van der Waals surface area contributed by atoms with E-state index in [1.54, 1.807) is 18.2 Å². The molecule has 2 aromatic carbocycles. The summed E-state index contributed by atoms with van der Waals surface area (Å²) in [6, 6.07) is 16.0. The summed E-state index contributed by atoms with van der Waals surface area (Å²) in [7, 11) is 1.53. The van der Waals surface area contributed by atoms with Gasteiger partial charge in [0.2, 0.25) is 5.91 Å². The van der Waals surface area contributed by atoms with Crippen LogP contribution in [0.2, 0.25) is 0 Å². The van der Waals surface area contributed by atoms with Crippen molar-refractivity contribution in [3.8, 4) is 5.75 Å². The Balaban J connectivity index is 1.48. The van der Waals surface area contributed by atoms with Crippen molar-refractivity contribution in [2.24, 2.45) is 0 Å². The maximum atomic E-state index is 12.5. The lowest BCUT2D eigenvalue weighted by Crippen LogP contribution is -2.52. The van der Waals surface area contributed by atoms with Crippen molar-refractivity contribution < 1.29 is 24.2 Å². The Morgan fingerprint density at radius 2 is 1.84 bits per heavy atom. The summed E-state index contributed by atoms with van der Waals surface area (Å²) in [5, 5.41) is 18.4. The predicted molar refractivity (Wildman–Crippen MR) is 122 cm³/mol. The third-order valence-corrected chi connectivity index (χ3v) is 5.56. The number of benzene rings is 2. The van der Waals surface area contributed by atoms with Crippen molar-refractivity contribution in [3.05, 3.63) is 60.2 Å². The highest BCUT2D eigenvalue weighted by Crippen LogP contribution is 2.25. The molecule has 0 aromatic heterocycles. The Morgan fingerprint density at radius 3 is 2.56 bits per heavy atom. The van der Waals surface area contributed by atoms with E-state index in [9.17, 15) is 14.7 Å². The molecular formula is C24H31N3O5. The molecule has 0 radical (unpaired) electrons. The topological polar surface area (TPSA) is 109 Å². The molecule has 1 heterocycles. The van der Waals surface area contributed by atoms with Gasteiger partial charge in [-0.2, -0.15) is 0 Å². The van der Waals surface area contributed by atoms with Crippen LogP contribution in [-0.2, 0) is 9.53 Å². The second-order valence-electron chi connectivity index (χ2n) is 7.87. The molecular weight excluding hydrogens is 410 g/mol. The van der Waals surface area contributed by atoms with E-state index in [4.69, 9.17) is 9.47 Å². The summed E-state index contributed by atoms with van der Waals surface area (Å²) in [5.41, 5.74) is 1.58. The highest BCUT2D eigenvalue weighted by molar-refractivity contribution is 5.91. The molecule has 0 unspecified atom stereocenters. The van der Waals surface area contributed by atoms with Gasteiger partial charge in [0.05, 0.1) is 44.0 Å². The number of aliphatic hydroxyl groups is 1. The van der Waals surface area contributed by atoms with E-state index >= 15 is 0 Å². The van der Waals surface area contributed by atoms with Gasteiger partial charge in [-0.25, -0.2) is 4.79 Å². The molecule has 1 aliphatic heterocycles. The van der Waals surface area contributed by atoms with Gasteiger partial charge in [-0.3, -0.25) is 4.79 Å². The summed E-state index contributed by atoms with van der Waals surface area (Å²) in [6.07, 6.45) is 0.496. The smallest absolute Gasteiger partial charge is 0.319 e. The number of nitrogens with one attached hydrogen (secondary N) is 3. The first-order valence-electron chi connectivity index (χ1n) is 10.8. The molecule has 0 spiro atoms. The van der Waals surface area contributed by atoms with Crippen LogP contribution in [0.4, 0.5) is 10.5 Å². The van der Waals surface area contributed by atoms with Crippen molar-refractivity contribution in [2.75, 3.05) is 19.0 Å². The minimum Gasteiger partial charge on any atom is -0.495 e. The monoisotopic (exact) mass is 441 g/mol. The number of aliphatic hydroxyl groups excluding tert-OH is 1. The molecule has 32 heavy (non-hydrogen) atoms. The molecule has 0 bridgehead atoms. The maximum Gasteiger partial charge on any atom is 0.319 e. The van der Waals surface area contributed by atoms with Crippen LogP contribution in [0.25, 0.3) is 0 Å². The lowest BCUT2D eigenvalue weighted by Gasteiger charge is -2.36. The molecule has 0 saturated carbocycles. The average Bonchev–Trinajstić information content (AvgIpc) is 2.80. The van der Waals surface area contributed by atoms with E-state index in [2.05, 4.69) is 16.0 Å². The molecule has 1 saturated heterocycles. The normalized spacial score (nSPS) is 21.3. The molecule has 172 valence electrons. The number of ether oxygens (including phenoxy) is 2. The number of hydrogen-bond acceptors (Lipinski definition) is 5. The van der Waals surface area contributed by atoms with Gasteiger partial charge in [0, 0.05) is 0 Å². The van der Waals surface area contributed by atoms with Gasteiger partial charge in [0.25, 0.3) is 0 Å². The maximum absolute atomic E-state index is 12.5. The molecule has 2 aromatic rings. The molecule has 3 amide bonds. The predicted octanol–water partition coefficient (Wildman–Crippen LogP) is 2.99. The number of carbonyl (C=O) groups is 2. The first kappa shape index (κ1) is 23.6. The molecule has 1 aliphatic rings. The fourth-order valence-corrected chi connectivity index (χ4v) is 3.85. The zero-order chi connectivity index (χ0) is 22.9. The first-order valence-corrected chi connectivity index (χ1v) is 10.8. The number of rotatable bonds is 8. The lowest BCUT2D eigenvalue weighted by atomic mass is 9.97. The largest absolute Gasteiger partial charge is 0.495 e. The van der Waals surface area contributed by atoms with E-state index in [-0.39, 0.29) is 37.1 Å². The SMILES string of the molecule is COc1ccccc1NC(=O)N[C@@H]1CC[C@H](CC(=O)N[C@@H](C)c2ccccc2)O[C@H]1CO. The Kier molecular flexibility index (Phi) is 8.47. The van der Waals surface area contributed by atoms with Gasteiger partial charge >= 0.3 is 6.03 Å². The van der Waals surface area contributed by atoms with Crippen molar-refractivity contribution in [3.63, 3.8) is 0 Å². The number of carbonyl (C=O) groups excluding carboxylic acids is 2. The second kappa shape index (κ2) is 11.5. The quantitative estimate of drug-likeness (QED) is 0.504. The van der Waals surface area contributed by atoms with E-state index in [1.165, 1.54) is 7.11 Å². The zero-order valence-corrected chi connectivity index (χ0v) is 18.4. The van der Waals surface area contributed by atoms with E-state index in [0.29, 0.717) is 24.3 Å². The summed E-state index contributed by atoms with van der Waals surface area (Å²) in [5.74, 6) is 0.445. The highest BCUT2D eigenvalue weighted by atomic mass is 16.5. The van der Waals surface area contributed by atoms with Crippen LogP contribution < -0.4 is 20.7 Å². The summed E-state index contributed by atoms with van der Waals surface area (Å²) in [6.45, 7) is 1.68. The van der Waals surface area contributed by atoms with Crippen LogP contribution in [0.5, 0.6) is 5.75 Å².